The molecule has 0 aliphatic carbocycles. The third kappa shape index (κ3) is 2.21. The van der Waals surface area contributed by atoms with Gasteiger partial charge in [0.15, 0.2) is 0 Å². The van der Waals surface area contributed by atoms with Crippen LogP contribution in [0.4, 0.5) is 0 Å². The van der Waals surface area contributed by atoms with Crippen molar-refractivity contribution in [1.29, 1.82) is 0 Å². The fourth-order valence-corrected chi connectivity index (χ4v) is 2.93. The largest absolute Gasteiger partial charge is 0.477 e. The molecule has 22 heavy (non-hydrogen) atoms. The van der Waals surface area contributed by atoms with Crippen LogP contribution in [0.5, 0.6) is 0 Å². The van der Waals surface area contributed by atoms with Crippen molar-refractivity contribution in [2.75, 3.05) is 0 Å². The zero-order chi connectivity index (χ0) is 15.7. The quantitative estimate of drug-likeness (QED) is 0.719. The van der Waals surface area contributed by atoms with Gasteiger partial charge in [-0.2, -0.15) is 0 Å². The number of aryl methyl sites for hydroxylation is 1. The van der Waals surface area contributed by atoms with Gasteiger partial charge in [-0.3, -0.25) is 0 Å². The summed E-state index contributed by atoms with van der Waals surface area (Å²) in [6, 6.07) is 16.2. The number of aromatic nitrogens is 1. The molecule has 1 aromatic heterocycles. The van der Waals surface area contributed by atoms with E-state index in [1.807, 2.05) is 37.3 Å². The predicted molar refractivity (Wildman–Crippen MR) is 89.3 cm³/mol. The molecule has 110 valence electrons. The van der Waals surface area contributed by atoms with Crippen LogP contribution in [-0.2, 0) is 6.54 Å². The van der Waals surface area contributed by atoms with E-state index in [9.17, 15) is 9.90 Å². The van der Waals surface area contributed by atoms with E-state index in [2.05, 4.69) is 24.8 Å². The van der Waals surface area contributed by atoms with E-state index in [0.29, 0.717) is 12.2 Å². The van der Waals surface area contributed by atoms with Crippen LogP contribution < -0.4 is 0 Å². The van der Waals surface area contributed by atoms with Crippen LogP contribution in [0, 0.1) is 6.92 Å². The van der Waals surface area contributed by atoms with Crippen molar-refractivity contribution in [3.63, 3.8) is 0 Å². The van der Waals surface area contributed by atoms with Crippen LogP contribution in [0.1, 0.15) is 16.1 Å². The molecule has 0 aliphatic rings. The Morgan fingerprint density at radius 3 is 2.55 bits per heavy atom. The summed E-state index contributed by atoms with van der Waals surface area (Å²) >= 11 is 0. The van der Waals surface area contributed by atoms with E-state index < -0.39 is 5.97 Å². The van der Waals surface area contributed by atoms with Crippen molar-refractivity contribution in [1.82, 2.24) is 4.57 Å². The average Bonchev–Trinajstić information content (AvgIpc) is 2.81. The van der Waals surface area contributed by atoms with Gasteiger partial charge in [-0.25, -0.2) is 4.79 Å². The van der Waals surface area contributed by atoms with Gasteiger partial charge in [0.2, 0.25) is 0 Å². The highest BCUT2D eigenvalue weighted by atomic mass is 16.4. The number of aromatic carboxylic acids is 1. The maximum atomic E-state index is 11.6. The van der Waals surface area contributed by atoms with Crippen LogP contribution >= 0.6 is 0 Å². The first-order chi connectivity index (χ1) is 10.6. The average molecular weight is 291 g/mol. The lowest BCUT2D eigenvalue weighted by Gasteiger charge is -2.06. The zero-order valence-corrected chi connectivity index (χ0v) is 12.4. The van der Waals surface area contributed by atoms with Crippen molar-refractivity contribution in [2.45, 2.75) is 13.5 Å². The third-order valence-electron chi connectivity index (χ3n) is 3.94. The Balaban J connectivity index is 2.27. The van der Waals surface area contributed by atoms with Gasteiger partial charge in [0.25, 0.3) is 0 Å². The summed E-state index contributed by atoms with van der Waals surface area (Å²) in [5.74, 6) is -0.906. The minimum atomic E-state index is -0.906. The van der Waals surface area contributed by atoms with Crippen LogP contribution in [0.15, 0.2) is 61.2 Å². The van der Waals surface area contributed by atoms with E-state index in [0.717, 1.165) is 27.6 Å². The van der Waals surface area contributed by atoms with Gasteiger partial charge >= 0.3 is 5.97 Å². The number of hydrogen-bond acceptors (Lipinski definition) is 1. The number of allylic oxidation sites excluding steroid dienone is 1. The number of fused-ring (bicyclic) bond motifs is 1. The SMILES string of the molecule is C=CCn1c(C(=O)O)c(C)c2cc(-c3ccccc3)ccc21. The summed E-state index contributed by atoms with van der Waals surface area (Å²) in [4.78, 5) is 11.6. The van der Waals surface area contributed by atoms with Crippen molar-refractivity contribution >= 4 is 16.9 Å². The molecule has 0 saturated carbocycles. The molecule has 1 N–H and O–H groups in total. The van der Waals surface area contributed by atoms with Crippen molar-refractivity contribution in [2.24, 2.45) is 0 Å². The lowest BCUT2D eigenvalue weighted by atomic mass is 10.0. The highest BCUT2D eigenvalue weighted by molar-refractivity contribution is 5.99. The predicted octanol–water partition coefficient (Wildman–Crippen LogP) is 4.50. The van der Waals surface area contributed by atoms with Crippen LogP contribution in [-0.4, -0.2) is 15.6 Å². The summed E-state index contributed by atoms with van der Waals surface area (Å²) in [5, 5.41) is 10.5. The molecule has 3 heteroatoms. The molecule has 3 aromatic rings. The fourth-order valence-electron chi connectivity index (χ4n) is 2.93. The Morgan fingerprint density at radius 2 is 1.91 bits per heavy atom. The summed E-state index contributed by atoms with van der Waals surface area (Å²) in [5.41, 5.74) is 4.26. The maximum Gasteiger partial charge on any atom is 0.352 e. The fraction of sp³-hybridized carbons (Fsp3) is 0.105. The smallest absolute Gasteiger partial charge is 0.352 e. The second-order valence-corrected chi connectivity index (χ2v) is 5.28. The molecule has 0 aliphatic heterocycles. The molecule has 0 atom stereocenters. The number of benzene rings is 2. The minimum absolute atomic E-state index is 0.333. The molecule has 3 nitrogen and oxygen atoms in total. The van der Waals surface area contributed by atoms with E-state index in [1.54, 1.807) is 10.6 Å². The zero-order valence-electron chi connectivity index (χ0n) is 12.4. The van der Waals surface area contributed by atoms with Crippen molar-refractivity contribution < 1.29 is 9.90 Å². The van der Waals surface area contributed by atoms with Crippen molar-refractivity contribution in [3.05, 3.63) is 72.4 Å². The molecule has 0 fully saturated rings. The van der Waals surface area contributed by atoms with Gasteiger partial charge < -0.3 is 9.67 Å². The number of carbonyl (C=O) groups is 1. The van der Waals surface area contributed by atoms with Gasteiger partial charge in [0, 0.05) is 17.4 Å². The highest BCUT2D eigenvalue weighted by Gasteiger charge is 2.19. The van der Waals surface area contributed by atoms with Gasteiger partial charge in [-0.05, 0) is 35.7 Å². The minimum Gasteiger partial charge on any atom is -0.477 e. The van der Waals surface area contributed by atoms with Gasteiger partial charge in [0.05, 0.1) is 0 Å². The molecule has 0 amide bonds. The Hall–Kier alpha value is -2.81. The summed E-state index contributed by atoms with van der Waals surface area (Å²) < 4.78 is 1.80. The van der Waals surface area contributed by atoms with Crippen LogP contribution in [0.2, 0.25) is 0 Å². The van der Waals surface area contributed by atoms with Gasteiger partial charge in [-0.15, -0.1) is 6.58 Å². The Labute approximate surface area is 129 Å². The van der Waals surface area contributed by atoms with E-state index in [-0.39, 0.29) is 0 Å². The van der Waals surface area contributed by atoms with Crippen LogP contribution in [0.25, 0.3) is 22.0 Å². The lowest BCUT2D eigenvalue weighted by molar-refractivity contribution is 0.0685. The first-order valence-corrected chi connectivity index (χ1v) is 7.16. The molecule has 0 spiro atoms. The molecule has 0 radical (unpaired) electrons. The van der Waals surface area contributed by atoms with E-state index >= 15 is 0 Å². The molecular formula is C19H17NO2. The Kier molecular flexibility index (Phi) is 3.55. The van der Waals surface area contributed by atoms with Gasteiger partial charge in [-0.1, -0.05) is 42.5 Å². The number of carboxylic acid groups (broad SMARTS) is 1. The second kappa shape index (κ2) is 5.53. The van der Waals surface area contributed by atoms with E-state index in [1.165, 1.54) is 0 Å². The van der Waals surface area contributed by atoms with Gasteiger partial charge in [0.1, 0.15) is 5.69 Å². The molecule has 0 bridgehead atoms. The number of hydrogen-bond donors (Lipinski definition) is 1. The summed E-state index contributed by atoms with van der Waals surface area (Å²) in [6.45, 7) is 6.07. The van der Waals surface area contributed by atoms with E-state index in [4.69, 9.17) is 0 Å². The first-order valence-electron chi connectivity index (χ1n) is 7.16. The number of nitrogens with zero attached hydrogens (tertiary/aromatic N) is 1. The molecule has 0 unspecified atom stereocenters. The Morgan fingerprint density at radius 1 is 1.18 bits per heavy atom. The number of rotatable bonds is 4. The summed E-state index contributed by atoms with van der Waals surface area (Å²) in [6.07, 6.45) is 1.72. The molecule has 3 rings (SSSR count). The highest BCUT2D eigenvalue weighted by Crippen LogP contribution is 2.30. The molecule has 0 saturated heterocycles. The van der Waals surface area contributed by atoms with Crippen molar-refractivity contribution in [3.8, 4) is 11.1 Å². The normalized spacial score (nSPS) is 10.8. The molecule has 2 aromatic carbocycles. The Bertz CT molecular complexity index is 860. The topological polar surface area (TPSA) is 42.2 Å². The molecule has 1 heterocycles. The standard InChI is InChI=1S/C19H17NO2/c1-3-11-20-17-10-9-15(14-7-5-4-6-8-14)12-16(17)13(2)18(20)19(21)22/h3-10,12H,1,11H2,2H3,(H,21,22). The maximum absolute atomic E-state index is 11.6. The lowest BCUT2D eigenvalue weighted by Crippen LogP contribution is -2.08. The molecular weight excluding hydrogens is 274 g/mol. The summed E-state index contributed by atoms with van der Waals surface area (Å²) in [7, 11) is 0. The van der Waals surface area contributed by atoms with Crippen LogP contribution in [0.3, 0.4) is 0 Å². The monoisotopic (exact) mass is 291 g/mol. The first kappa shape index (κ1) is 14.1. The second-order valence-electron chi connectivity index (χ2n) is 5.28. The third-order valence-corrected chi connectivity index (χ3v) is 3.94. The number of carboxylic acids is 1.